The number of ether oxygens (including phenoxy) is 2. The summed E-state index contributed by atoms with van der Waals surface area (Å²) >= 11 is 0. The highest BCUT2D eigenvalue weighted by molar-refractivity contribution is 5.74. The van der Waals surface area contributed by atoms with Crippen molar-refractivity contribution in [1.82, 2.24) is 0 Å². The summed E-state index contributed by atoms with van der Waals surface area (Å²) in [6.45, 7) is 1.21. The standard InChI is InChI=1S/C17H16O3/c18-11-13-5-7-15(8-6-13)20-12-17-16-4-2-1-3-14(16)9-10-19-17/h1-8,11,17H,9-10,12H2. The fraction of sp³-hybridized carbons (Fsp3) is 0.235. The van der Waals surface area contributed by atoms with Gasteiger partial charge in [0.2, 0.25) is 0 Å². The fourth-order valence-electron chi connectivity index (χ4n) is 2.43. The summed E-state index contributed by atoms with van der Waals surface area (Å²) in [5.74, 6) is 0.752. The molecule has 3 heteroatoms. The molecule has 102 valence electrons. The Morgan fingerprint density at radius 1 is 1.15 bits per heavy atom. The Morgan fingerprint density at radius 2 is 1.95 bits per heavy atom. The first-order valence-electron chi connectivity index (χ1n) is 6.74. The quantitative estimate of drug-likeness (QED) is 0.799. The zero-order valence-electron chi connectivity index (χ0n) is 11.1. The molecule has 0 fully saturated rings. The summed E-state index contributed by atoms with van der Waals surface area (Å²) in [7, 11) is 0. The molecule has 0 radical (unpaired) electrons. The maximum Gasteiger partial charge on any atom is 0.150 e. The van der Waals surface area contributed by atoms with E-state index in [2.05, 4.69) is 18.2 Å². The van der Waals surface area contributed by atoms with Crippen molar-refractivity contribution in [2.45, 2.75) is 12.5 Å². The summed E-state index contributed by atoms with van der Waals surface area (Å²) < 4.78 is 11.6. The van der Waals surface area contributed by atoms with Crippen LogP contribution < -0.4 is 4.74 Å². The molecule has 0 saturated heterocycles. The zero-order chi connectivity index (χ0) is 13.8. The van der Waals surface area contributed by atoms with Crippen molar-refractivity contribution in [2.24, 2.45) is 0 Å². The SMILES string of the molecule is O=Cc1ccc(OCC2OCCc3ccccc32)cc1. The number of hydrogen-bond acceptors (Lipinski definition) is 3. The van der Waals surface area contributed by atoms with Crippen molar-refractivity contribution < 1.29 is 14.3 Å². The van der Waals surface area contributed by atoms with Crippen LogP contribution in [0.5, 0.6) is 5.75 Å². The van der Waals surface area contributed by atoms with E-state index in [0.717, 1.165) is 25.1 Å². The van der Waals surface area contributed by atoms with Crippen molar-refractivity contribution in [2.75, 3.05) is 13.2 Å². The molecular formula is C17H16O3. The van der Waals surface area contributed by atoms with Gasteiger partial charge in [0.25, 0.3) is 0 Å². The first kappa shape index (κ1) is 12.9. The molecule has 1 atom stereocenters. The first-order valence-corrected chi connectivity index (χ1v) is 6.74. The highest BCUT2D eigenvalue weighted by Crippen LogP contribution is 2.27. The van der Waals surface area contributed by atoms with Crippen LogP contribution in [0.2, 0.25) is 0 Å². The Balaban J connectivity index is 1.68. The molecule has 0 saturated carbocycles. The van der Waals surface area contributed by atoms with Crippen molar-refractivity contribution >= 4 is 6.29 Å². The molecule has 0 spiro atoms. The second-order valence-corrected chi connectivity index (χ2v) is 4.81. The van der Waals surface area contributed by atoms with Crippen LogP contribution in [0, 0.1) is 0 Å². The number of fused-ring (bicyclic) bond motifs is 1. The summed E-state index contributed by atoms with van der Waals surface area (Å²) in [6.07, 6.45) is 1.76. The number of carbonyl (C=O) groups is 1. The van der Waals surface area contributed by atoms with Crippen molar-refractivity contribution in [3.63, 3.8) is 0 Å². The lowest BCUT2D eigenvalue weighted by molar-refractivity contribution is 0.0102. The molecular weight excluding hydrogens is 252 g/mol. The number of benzene rings is 2. The molecule has 2 aromatic rings. The Kier molecular flexibility index (Phi) is 3.79. The Bertz CT molecular complexity index is 589. The van der Waals surface area contributed by atoms with Gasteiger partial charge in [0.1, 0.15) is 24.7 Å². The molecule has 20 heavy (non-hydrogen) atoms. The molecule has 0 aliphatic carbocycles. The molecule has 1 aliphatic rings. The normalized spacial score (nSPS) is 17.3. The monoisotopic (exact) mass is 268 g/mol. The number of rotatable bonds is 4. The first-order chi connectivity index (χ1) is 9.86. The van der Waals surface area contributed by atoms with Gasteiger partial charge in [-0.2, -0.15) is 0 Å². The van der Waals surface area contributed by atoms with Gasteiger partial charge in [0, 0.05) is 5.56 Å². The van der Waals surface area contributed by atoms with Crippen LogP contribution in [0.3, 0.4) is 0 Å². The van der Waals surface area contributed by atoms with E-state index < -0.39 is 0 Å². The molecule has 0 amide bonds. The second kappa shape index (κ2) is 5.88. The molecule has 1 aliphatic heterocycles. The minimum atomic E-state index is -0.0225. The van der Waals surface area contributed by atoms with Crippen molar-refractivity contribution in [1.29, 1.82) is 0 Å². The van der Waals surface area contributed by atoms with Crippen LogP contribution >= 0.6 is 0 Å². The molecule has 1 unspecified atom stereocenters. The van der Waals surface area contributed by atoms with Gasteiger partial charge in [-0.3, -0.25) is 4.79 Å². The second-order valence-electron chi connectivity index (χ2n) is 4.81. The van der Waals surface area contributed by atoms with E-state index >= 15 is 0 Å². The van der Waals surface area contributed by atoms with E-state index in [-0.39, 0.29) is 6.10 Å². The highest BCUT2D eigenvalue weighted by atomic mass is 16.5. The predicted octanol–water partition coefficient (Wildman–Crippen LogP) is 3.19. The minimum absolute atomic E-state index is 0.0225. The summed E-state index contributed by atoms with van der Waals surface area (Å²) in [5.41, 5.74) is 3.20. The topological polar surface area (TPSA) is 35.5 Å². The average molecular weight is 268 g/mol. The zero-order valence-corrected chi connectivity index (χ0v) is 11.1. The van der Waals surface area contributed by atoms with Gasteiger partial charge in [-0.1, -0.05) is 24.3 Å². The third-order valence-corrected chi connectivity index (χ3v) is 3.51. The van der Waals surface area contributed by atoms with E-state index in [1.807, 2.05) is 6.07 Å². The fourth-order valence-corrected chi connectivity index (χ4v) is 2.43. The number of carbonyl (C=O) groups excluding carboxylic acids is 1. The number of aldehydes is 1. The third kappa shape index (κ3) is 2.73. The van der Waals surface area contributed by atoms with E-state index in [1.54, 1.807) is 24.3 Å². The van der Waals surface area contributed by atoms with Crippen LogP contribution in [0.15, 0.2) is 48.5 Å². The molecule has 1 heterocycles. The smallest absolute Gasteiger partial charge is 0.150 e. The predicted molar refractivity (Wildman–Crippen MR) is 76.2 cm³/mol. The van der Waals surface area contributed by atoms with Crippen molar-refractivity contribution in [3.05, 3.63) is 65.2 Å². The van der Waals surface area contributed by atoms with Crippen LogP contribution in [0.1, 0.15) is 27.6 Å². The maximum absolute atomic E-state index is 10.6. The van der Waals surface area contributed by atoms with Crippen molar-refractivity contribution in [3.8, 4) is 5.75 Å². The van der Waals surface area contributed by atoms with Crippen LogP contribution in [-0.4, -0.2) is 19.5 Å². The Labute approximate surface area is 118 Å². The van der Waals surface area contributed by atoms with Gasteiger partial charge < -0.3 is 9.47 Å². The molecule has 2 aromatic carbocycles. The van der Waals surface area contributed by atoms with Gasteiger partial charge in [-0.25, -0.2) is 0 Å². The largest absolute Gasteiger partial charge is 0.491 e. The molecule has 0 bridgehead atoms. The Morgan fingerprint density at radius 3 is 2.75 bits per heavy atom. The number of hydrogen-bond donors (Lipinski definition) is 0. The van der Waals surface area contributed by atoms with E-state index in [1.165, 1.54) is 11.1 Å². The van der Waals surface area contributed by atoms with E-state index in [9.17, 15) is 4.79 Å². The van der Waals surface area contributed by atoms with Gasteiger partial charge in [0.15, 0.2) is 0 Å². The van der Waals surface area contributed by atoms with Gasteiger partial charge in [-0.15, -0.1) is 0 Å². The average Bonchev–Trinajstić information content (AvgIpc) is 2.53. The molecule has 3 rings (SSSR count). The van der Waals surface area contributed by atoms with Crippen LogP contribution in [0.25, 0.3) is 0 Å². The molecule has 0 N–H and O–H groups in total. The van der Waals surface area contributed by atoms with E-state index in [0.29, 0.717) is 12.2 Å². The molecule has 3 nitrogen and oxygen atoms in total. The summed E-state index contributed by atoms with van der Waals surface area (Å²) in [5, 5.41) is 0. The van der Waals surface area contributed by atoms with E-state index in [4.69, 9.17) is 9.47 Å². The summed E-state index contributed by atoms with van der Waals surface area (Å²) in [6, 6.07) is 15.4. The van der Waals surface area contributed by atoms with Gasteiger partial charge in [-0.05, 0) is 41.8 Å². The molecule has 0 aromatic heterocycles. The van der Waals surface area contributed by atoms with Gasteiger partial charge in [0.05, 0.1) is 6.61 Å². The lowest BCUT2D eigenvalue weighted by Gasteiger charge is -2.26. The van der Waals surface area contributed by atoms with Gasteiger partial charge >= 0.3 is 0 Å². The third-order valence-electron chi connectivity index (χ3n) is 3.51. The highest BCUT2D eigenvalue weighted by Gasteiger charge is 2.20. The Hall–Kier alpha value is -2.13. The summed E-state index contributed by atoms with van der Waals surface area (Å²) in [4.78, 5) is 10.6. The lowest BCUT2D eigenvalue weighted by Crippen LogP contribution is -2.21. The van der Waals surface area contributed by atoms with Crippen LogP contribution in [-0.2, 0) is 11.2 Å². The van der Waals surface area contributed by atoms with Crippen LogP contribution in [0.4, 0.5) is 0 Å². The minimum Gasteiger partial charge on any atom is -0.491 e. The maximum atomic E-state index is 10.6. The lowest BCUT2D eigenvalue weighted by atomic mass is 9.98.